The summed E-state index contributed by atoms with van der Waals surface area (Å²) in [7, 11) is 0. The van der Waals surface area contributed by atoms with Gasteiger partial charge in [0.15, 0.2) is 0 Å². The molecule has 0 aliphatic heterocycles. The number of aromatic nitrogens is 1. The summed E-state index contributed by atoms with van der Waals surface area (Å²) in [5.74, 6) is 0. The molecule has 0 radical (unpaired) electrons. The van der Waals surface area contributed by atoms with Crippen LogP contribution in [-0.2, 0) is 5.60 Å². The van der Waals surface area contributed by atoms with Crippen LogP contribution in [0.4, 0.5) is 5.69 Å². The first-order valence-electron chi connectivity index (χ1n) is 5.82. The molecule has 1 aromatic carbocycles. The lowest BCUT2D eigenvalue weighted by molar-refractivity contribution is -0.0389. The Morgan fingerprint density at radius 1 is 1.33 bits per heavy atom. The highest BCUT2D eigenvalue weighted by molar-refractivity contribution is 7.15. The topological polar surface area (TPSA) is 59.1 Å². The smallest absolute Gasteiger partial charge is 0.125 e. The Bertz CT molecular complexity index is 572. The number of hydrogen-bond acceptors (Lipinski definition) is 4. The molecule has 5 heteroatoms. The fourth-order valence-electron chi connectivity index (χ4n) is 2.10. The van der Waals surface area contributed by atoms with Gasteiger partial charge < -0.3 is 10.8 Å². The molecule has 1 heterocycles. The van der Waals surface area contributed by atoms with Crippen LogP contribution in [0.5, 0.6) is 0 Å². The number of nitrogen functional groups attached to an aromatic ring is 1. The summed E-state index contributed by atoms with van der Waals surface area (Å²) >= 11 is 7.50. The third kappa shape index (κ3) is 2.00. The first-order chi connectivity index (χ1) is 8.57. The maximum absolute atomic E-state index is 10.2. The molecule has 0 saturated heterocycles. The molecule has 1 aromatic heterocycles. The van der Waals surface area contributed by atoms with Crippen LogP contribution in [0.2, 0.25) is 5.02 Å². The molecule has 1 aliphatic rings. The lowest BCUT2D eigenvalue weighted by atomic mass is 9.81. The average molecular weight is 281 g/mol. The van der Waals surface area contributed by atoms with Gasteiger partial charge in [-0.15, -0.1) is 11.3 Å². The van der Waals surface area contributed by atoms with E-state index in [2.05, 4.69) is 4.98 Å². The van der Waals surface area contributed by atoms with Crippen LogP contribution >= 0.6 is 22.9 Å². The summed E-state index contributed by atoms with van der Waals surface area (Å²) in [5, 5.41) is 11.7. The predicted molar refractivity (Wildman–Crippen MR) is 74.7 cm³/mol. The maximum atomic E-state index is 10.2. The Hall–Kier alpha value is -1.10. The Morgan fingerprint density at radius 2 is 2.11 bits per heavy atom. The van der Waals surface area contributed by atoms with Gasteiger partial charge in [-0.3, -0.25) is 0 Å². The number of anilines is 1. The monoisotopic (exact) mass is 280 g/mol. The number of hydrogen-bond donors (Lipinski definition) is 2. The minimum atomic E-state index is -0.701. The SMILES string of the molecule is Nc1cc(Cl)cc(-c2cnc(C3(O)CCC3)s2)c1. The highest BCUT2D eigenvalue weighted by Crippen LogP contribution is 2.44. The van der Waals surface area contributed by atoms with Crippen LogP contribution in [0.15, 0.2) is 24.4 Å². The summed E-state index contributed by atoms with van der Waals surface area (Å²) in [6, 6.07) is 5.44. The number of halogens is 1. The Balaban J connectivity index is 1.97. The van der Waals surface area contributed by atoms with Crippen molar-refractivity contribution >= 4 is 28.6 Å². The van der Waals surface area contributed by atoms with E-state index in [9.17, 15) is 5.11 Å². The van der Waals surface area contributed by atoms with Crippen molar-refractivity contribution < 1.29 is 5.11 Å². The van der Waals surface area contributed by atoms with E-state index < -0.39 is 5.60 Å². The lowest BCUT2D eigenvalue weighted by Gasteiger charge is -2.34. The van der Waals surface area contributed by atoms with E-state index in [-0.39, 0.29) is 0 Å². The van der Waals surface area contributed by atoms with Crippen LogP contribution < -0.4 is 5.73 Å². The van der Waals surface area contributed by atoms with Crippen molar-refractivity contribution in [1.82, 2.24) is 4.98 Å². The van der Waals surface area contributed by atoms with Crippen LogP contribution in [-0.4, -0.2) is 10.1 Å². The highest BCUT2D eigenvalue weighted by atomic mass is 35.5. The number of thiazole rings is 1. The van der Waals surface area contributed by atoms with Crippen molar-refractivity contribution in [3.05, 3.63) is 34.4 Å². The summed E-state index contributed by atoms with van der Waals surface area (Å²) in [6.45, 7) is 0. The van der Waals surface area contributed by atoms with Crippen molar-refractivity contribution in [3.8, 4) is 10.4 Å². The van der Waals surface area contributed by atoms with E-state index >= 15 is 0 Å². The molecule has 1 aliphatic carbocycles. The molecule has 0 amide bonds. The van der Waals surface area contributed by atoms with Gasteiger partial charge in [0.2, 0.25) is 0 Å². The highest BCUT2D eigenvalue weighted by Gasteiger charge is 2.39. The second-order valence-corrected chi connectivity index (χ2v) is 6.16. The summed E-state index contributed by atoms with van der Waals surface area (Å²) in [4.78, 5) is 5.32. The second kappa shape index (κ2) is 4.23. The van der Waals surface area contributed by atoms with Gasteiger partial charge in [0.1, 0.15) is 10.6 Å². The normalized spacial score (nSPS) is 17.4. The van der Waals surface area contributed by atoms with Crippen molar-refractivity contribution in [3.63, 3.8) is 0 Å². The molecule has 94 valence electrons. The van der Waals surface area contributed by atoms with Crippen molar-refractivity contribution in [1.29, 1.82) is 0 Å². The van der Waals surface area contributed by atoms with Crippen molar-refractivity contribution in [2.75, 3.05) is 5.73 Å². The Morgan fingerprint density at radius 3 is 2.72 bits per heavy atom. The van der Waals surface area contributed by atoms with E-state index in [4.69, 9.17) is 17.3 Å². The number of nitrogens with two attached hydrogens (primary N) is 1. The summed E-state index contributed by atoms with van der Waals surface area (Å²) in [5.41, 5.74) is 6.66. The van der Waals surface area contributed by atoms with Crippen molar-refractivity contribution in [2.24, 2.45) is 0 Å². The number of nitrogens with zero attached hydrogens (tertiary/aromatic N) is 1. The molecule has 3 N–H and O–H groups in total. The van der Waals surface area contributed by atoms with Gasteiger partial charge in [0.25, 0.3) is 0 Å². The molecule has 0 spiro atoms. The van der Waals surface area contributed by atoms with E-state index in [0.29, 0.717) is 10.7 Å². The zero-order valence-electron chi connectivity index (χ0n) is 9.69. The molecule has 3 rings (SSSR count). The zero-order chi connectivity index (χ0) is 12.8. The van der Waals surface area contributed by atoms with Gasteiger partial charge in [0.05, 0.1) is 4.88 Å². The third-order valence-electron chi connectivity index (χ3n) is 3.29. The van der Waals surface area contributed by atoms with Gasteiger partial charge in [-0.1, -0.05) is 11.6 Å². The van der Waals surface area contributed by atoms with Gasteiger partial charge >= 0.3 is 0 Å². The number of rotatable bonds is 2. The predicted octanol–water partition coefficient (Wildman–Crippen LogP) is 3.42. The molecule has 1 saturated carbocycles. The quantitative estimate of drug-likeness (QED) is 0.829. The molecule has 0 bridgehead atoms. The van der Waals surface area contributed by atoms with Crippen LogP contribution in [0, 0.1) is 0 Å². The summed E-state index contributed by atoms with van der Waals surface area (Å²) < 4.78 is 0. The van der Waals surface area contributed by atoms with E-state index in [1.807, 2.05) is 12.1 Å². The molecule has 2 aromatic rings. The third-order valence-corrected chi connectivity index (χ3v) is 4.75. The molecule has 18 heavy (non-hydrogen) atoms. The van der Waals surface area contributed by atoms with Gasteiger partial charge in [-0.2, -0.15) is 0 Å². The maximum Gasteiger partial charge on any atom is 0.125 e. The minimum Gasteiger partial charge on any atom is -0.399 e. The Kier molecular flexibility index (Phi) is 2.81. The largest absolute Gasteiger partial charge is 0.399 e. The van der Waals surface area contributed by atoms with Gasteiger partial charge in [-0.05, 0) is 43.0 Å². The number of aliphatic hydroxyl groups is 1. The fourth-order valence-corrected chi connectivity index (χ4v) is 3.40. The van der Waals surface area contributed by atoms with E-state index in [1.165, 1.54) is 11.3 Å². The fraction of sp³-hybridized carbons (Fsp3) is 0.308. The molecule has 0 atom stereocenters. The minimum absolute atomic E-state index is 0.613. The first kappa shape index (κ1) is 12.0. The van der Waals surface area contributed by atoms with Crippen LogP contribution in [0.25, 0.3) is 10.4 Å². The second-order valence-electron chi connectivity index (χ2n) is 4.69. The standard InChI is InChI=1S/C13H13ClN2OS/c14-9-4-8(5-10(15)6-9)11-7-16-12(18-11)13(17)2-1-3-13/h4-7,17H,1-3,15H2. The molecular formula is C13H13ClN2OS. The van der Waals surface area contributed by atoms with Crippen molar-refractivity contribution in [2.45, 2.75) is 24.9 Å². The molecule has 3 nitrogen and oxygen atoms in total. The summed E-state index contributed by atoms with van der Waals surface area (Å²) in [6.07, 6.45) is 4.45. The first-order valence-corrected chi connectivity index (χ1v) is 7.01. The number of benzene rings is 1. The zero-order valence-corrected chi connectivity index (χ0v) is 11.3. The van der Waals surface area contributed by atoms with E-state index in [0.717, 1.165) is 34.7 Å². The molecule has 0 unspecified atom stereocenters. The molecule has 1 fully saturated rings. The molecular weight excluding hydrogens is 268 g/mol. The van der Waals surface area contributed by atoms with Crippen LogP contribution in [0.1, 0.15) is 24.3 Å². The average Bonchev–Trinajstić information content (AvgIpc) is 2.74. The van der Waals surface area contributed by atoms with Gasteiger partial charge in [-0.25, -0.2) is 4.98 Å². The van der Waals surface area contributed by atoms with Gasteiger partial charge in [0, 0.05) is 16.9 Å². The Labute approximate surface area is 114 Å². The van der Waals surface area contributed by atoms with E-state index in [1.54, 1.807) is 12.3 Å². The lowest BCUT2D eigenvalue weighted by Crippen LogP contribution is -2.33. The van der Waals surface area contributed by atoms with Crippen LogP contribution in [0.3, 0.4) is 0 Å².